The molecule has 0 amide bonds. The molecule has 6 nitrogen and oxygen atoms in total. The zero-order chi connectivity index (χ0) is 15.9. The van der Waals surface area contributed by atoms with Crippen LogP contribution in [0.2, 0.25) is 0 Å². The molecule has 0 saturated heterocycles. The summed E-state index contributed by atoms with van der Waals surface area (Å²) >= 11 is 1.12. The summed E-state index contributed by atoms with van der Waals surface area (Å²) in [7, 11) is 0. The molecule has 0 aliphatic rings. The number of para-hydroxylation sites is 1. The standard InChI is InChI=1S/C15H15N3O3S/c16-15(17-12-6-2-1-3-7-12)22-10-14(19)11-5-4-8-13(9-11)18(20)21/h1-9,18,20H,10H2,(H2,16,17). The third kappa shape index (κ3) is 4.68. The summed E-state index contributed by atoms with van der Waals surface area (Å²) in [5.41, 5.74) is 6.92. The molecule has 2 aromatic rings. The molecule has 0 heterocycles. The maximum atomic E-state index is 12.1. The number of hydrogen-bond donors (Lipinski definition) is 3. The third-order valence-corrected chi connectivity index (χ3v) is 3.57. The number of Topliss-reactive ketones (excluding diaryl/α,β-unsaturated/α-hetero) is 1. The molecule has 0 aromatic heterocycles. The van der Waals surface area contributed by atoms with Gasteiger partial charge in [-0.2, -0.15) is 5.23 Å². The number of quaternary nitrogens is 1. The number of rotatable bonds is 5. The zero-order valence-electron chi connectivity index (χ0n) is 11.6. The Morgan fingerprint density at radius 1 is 1.23 bits per heavy atom. The predicted molar refractivity (Wildman–Crippen MR) is 86.7 cm³/mol. The van der Waals surface area contributed by atoms with E-state index in [-0.39, 0.29) is 22.4 Å². The summed E-state index contributed by atoms with van der Waals surface area (Å²) in [6.07, 6.45) is 0. The van der Waals surface area contributed by atoms with Crippen molar-refractivity contribution >= 4 is 34.1 Å². The van der Waals surface area contributed by atoms with Crippen LogP contribution in [0, 0.1) is 5.21 Å². The fourth-order valence-electron chi connectivity index (χ4n) is 1.71. The number of nitrogens with one attached hydrogen (secondary N) is 1. The van der Waals surface area contributed by atoms with Crippen LogP contribution in [0.1, 0.15) is 10.4 Å². The largest absolute Gasteiger partial charge is 0.595 e. The minimum atomic E-state index is -1.06. The van der Waals surface area contributed by atoms with Gasteiger partial charge in [0.2, 0.25) is 0 Å². The highest BCUT2D eigenvalue weighted by atomic mass is 32.2. The van der Waals surface area contributed by atoms with Gasteiger partial charge in [-0.05, 0) is 12.1 Å². The van der Waals surface area contributed by atoms with Crippen LogP contribution < -0.4 is 11.0 Å². The van der Waals surface area contributed by atoms with E-state index in [1.54, 1.807) is 12.1 Å². The third-order valence-electron chi connectivity index (χ3n) is 2.78. The van der Waals surface area contributed by atoms with Crippen molar-refractivity contribution in [1.29, 1.82) is 0 Å². The summed E-state index contributed by atoms with van der Waals surface area (Å²) < 4.78 is 0. The van der Waals surface area contributed by atoms with E-state index < -0.39 is 5.23 Å². The number of amidine groups is 1. The quantitative estimate of drug-likeness (QED) is 0.337. The molecular weight excluding hydrogens is 302 g/mol. The van der Waals surface area contributed by atoms with Crippen molar-refractivity contribution in [1.82, 2.24) is 0 Å². The second-order valence-electron chi connectivity index (χ2n) is 4.38. The molecule has 1 atom stereocenters. The van der Waals surface area contributed by atoms with Crippen LogP contribution in [0.3, 0.4) is 0 Å². The van der Waals surface area contributed by atoms with Crippen LogP contribution in [-0.4, -0.2) is 21.9 Å². The molecule has 0 bridgehead atoms. The monoisotopic (exact) mass is 317 g/mol. The lowest BCUT2D eigenvalue weighted by Crippen LogP contribution is -2.99. The second kappa shape index (κ2) is 7.71. The normalized spacial score (nSPS) is 12.9. The second-order valence-corrected chi connectivity index (χ2v) is 5.38. The minimum absolute atomic E-state index is 0.0850. The molecule has 4 N–H and O–H groups in total. The molecule has 0 aliphatic carbocycles. The SMILES string of the molecule is NC(=Nc1ccccc1)SCC(=O)c1cccc([NH+]([O-])O)c1. The highest BCUT2D eigenvalue weighted by Gasteiger charge is 2.10. The summed E-state index contributed by atoms with van der Waals surface area (Å²) in [6.45, 7) is 0. The van der Waals surface area contributed by atoms with Crippen molar-refractivity contribution in [3.8, 4) is 0 Å². The smallest absolute Gasteiger partial charge is 0.173 e. The first-order valence-electron chi connectivity index (χ1n) is 6.45. The van der Waals surface area contributed by atoms with Gasteiger partial charge in [0, 0.05) is 17.7 Å². The van der Waals surface area contributed by atoms with Gasteiger partial charge in [0.25, 0.3) is 0 Å². The Balaban J connectivity index is 1.98. The molecule has 2 rings (SSSR count). The van der Waals surface area contributed by atoms with Gasteiger partial charge in [0.1, 0.15) is 0 Å². The molecule has 0 radical (unpaired) electrons. The van der Waals surface area contributed by atoms with Crippen LogP contribution in [0.15, 0.2) is 59.6 Å². The number of carbonyl (C=O) groups excluding carboxylic acids is 1. The van der Waals surface area contributed by atoms with Crippen molar-refractivity contribution < 1.29 is 15.2 Å². The van der Waals surface area contributed by atoms with Gasteiger partial charge in [-0.25, -0.2) is 10.2 Å². The van der Waals surface area contributed by atoms with Crippen LogP contribution in [0.25, 0.3) is 0 Å². The molecule has 1 unspecified atom stereocenters. The van der Waals surface area contributed by atoms with Gasteiger partial charge in [0.05, 0.1) is 11.4 Å². The van der Waals surface area contributed by atoms with E-state index >= 15 is 0 Å². The van der Waals surface area contributed by atoms with E-state index in [2.05, 4.69) is 4.99 Å². The Bertz CT molecular complexity index is 675. The lowest BCUT2D eigenvalue weighted by molar-refractivity contribution is -0.991. The number of nitrogens with zero attached hydrogens (tertiary/aromatic N) is 1. The Morgan fingerprint density at radius 3 is 2.64 bits per heavy atom. The van der Waals surface area contributed by atoms with Crippen molar-refractivity contribution in [2.75, 3.05) is 5.75 Å². The topological polar surface area (TPSA) is 103 Å². The number of thioether (sulfide) groups is 1. The molecule has 0 spiro atoms. The van der Waals surface area contributed by atoms with Gasteiger partial charge in [0.15, 0.2) is 16.6 Å². The molecule has 0 saturated carbocycles. The maximum absolute atomic E-state index is 12.1. The lowest BCUT2D eigenvalue weighted by Gasteiger charge is -2.11. The van der Waals surface area contributed by atoms with Crippen LogP contribution in [0.5, 0.6) is 0 Å². The summed E-state index contributed by atoms with van der Waals surface area (Å²) in [4.78, 5) is 16.2. The van der Waals surface area contributed by atoms with E-state index in [1.807, 2.05) is 30.3 Å². The fraction of sp³-hybridized carbons (Fsp3) is 0.0667. The molecule has 7 heteroatoms. The Morgan fingerprint density at radius 2 is 1.95 bits per heavy atom. The van der Waals surface area contributed by atoms with Crippen LogP contribution in [0.4, 0.5) is 11.4 Å². The number of ketones is 1. The maximum Gasteiger partial charge on any atom is 0.173 e. The van der Waals surface area contributed by atoms with E-state index in [9.17, 15) is 10.0 Å². The summed E-state index contributed by atoms with van der Waals surface area (Å²) in [5, 5.41) is 19.0. The van der Waals surface area contributed by atoms with E-state index in [1.165, 1.54) is 12.1 Å². The van der Waals surface area contributed by atoms with Gasteiger partial charge < -0.3 is 10.9 Å². The minimum Gasteiger partial charge on any atom is -0.595 e. The Hall–Kier alpha value is -2.19. The van der Waals surface area contributed by atoms with E-state index in [0.717, 1.165) is 11.8 Å². The first-order valence-corrected chi connectivity index (χ1v) is 7.43. The van der Waals surface area contributed by atoms with E-state index in [0.29, 0.717) is 11.3 Å². The summed E-state index contributed by atoms with van der Waals surface area (Å²) in [6, 6.07) is 15.1. The highest BCUT2D eigenvalue weighted by molar-refractivity contribution is 8.14. The van der Waals surface area contributed by atoms with E-state index in [4.69, 9.17) is 10.9 Å². The fourth-order valence-corrected chi connectivity index (χ4v) is 2.33. The van der Waals surface area contributed by atoms with Crippen molar-refractivity contribution in [2.24, 2.45) is 10.7 Å². The molecular formula is C15H15N3O3S. The number of nitrogens with two attached hydrogens (primary N) is 1. The number of hydrogen-bond acceptors (Lipinski definition) is 5. The van der Waals surface area contributed by atoms with Crippen LogP contribution >= 0.6 is 11.8 Å². The van der Waals surface area contributed by atoms with Gasteiger partial charge >= 0.3 is 0 Å². The first-order chi connectivity index (χ1) is 10.6. The number of carbonyl (C=O) groups is 1. The van der Waals surface area contributed by atoms with Gasteiger partial charge in [-0.3, -0.25) is 4.79 Å². The Labute approximate surface area is 131 Å². The molecule has 2 aromatic carbocycles. The molecule has 0 fully saturated rings. The lowest BCUT2D eigenvalue weighted by atomic mass is 10.1. The van der Waals surface area contributed by atoms with Crippen LogP contribution in [-0.2, 0) is 0 Å². The average Bonchev–Trinajstić information content (AvgIpc) is 2.53. The average molecular weight is 317 g/mol. The van der Waals surface area contributed by atoms with Gasteiger partial charge in [-0.1, -0.05) is 42.1 Å². The molecule has 0 aliphatic heterocycles. The predicted octanol–water partition coefficient (Wildman–Crippen LogP) is 1.65. The first kappa shape index (κ1) is 16.2. The van der Waals surface area contributed by atoms with Crippen molar-refractivity contribution in [3.63, 3.8) is 0 Å². The van der Waals surface area contributed by atoms with Crippen molar-refractivity contribution in [2.45, 2.75) is 0 Å². The zero-order valence-corrected chi connectivity index (χ0v) is 12.4. The number of benzene rings is 2. The Kier molecular flexibility index (Phi) is 5.68. The van der Waals surface area contributed by atoms with Gasteiger partial charge in [-0.15, -0.1) is 0 Å². The molecule has 114 valence electrons. The van der Waals surface area contributed by atoms with Crippen molar-refractivity contribution in [3.05, 3.63) is 65.4 Å². The highest BCUT2D eigenvalue weighted by Crippen LogP contribution is 2.15. The summed E-state index contributed by atoms with van der Waals surface area (Å²) in [5.74, 6) is -0.0927. The molecule has 22 heavy (non-hydrogen) atoms. The number of aliphatic imine (C=N–C) groups is 1.